The Hall–Kier alpha value is -0.0800. The van der Waals surface area contributed by atoms with Crippen molar-refractivity contribution >= 4 is 0 Å². The molecule has 0 aliphatic heterocycles. The van der Waals surface area contributed by atoms with E-state index in [-0.39, 0.29) is 0 Å². The number of rotatable bonds is 16. The molecule has 0 aliphatic carbocycles. The van der Waals surface area contributed by atoms with Gasteiger partial charge in [0.05, 0.1) is 0 Å². The number of hydrogen-bond donors (Lipinski definition) is 0. The minimum atomic E-state index is 1.21. The van der Waals surface area contributed by atoms with Gasteiger partial charge in [-0.25, -0.2) is 0 Å². The van der Waals surface area contributed by atoms with Crippen LogP contribution >= 0.6 is 0 Å². The van der Waals surface area contributed by atoms with Crippen LogP contribution in [-0.2, 0) is 0 Å². The molecule has 2 nitrogen and oxygen atoms in total. The predicted octanol–water partition coefficient (Wildman–Crippen LogP) is 5.18. The first-order valence-corrected chi connectivity index (χ1v) is 9.50. The van der Waals surface area contributed by atoms with E-state index in [1.54, 1.807) is 0 Å². The van der Waals surface area contributed by atoms with Gasteiger partial charge in [-0.05, 0) is 53.6 Å². The van der Waals surface area contributed by atoms with E-state index in [1.807, 2.05) is 0 Å². The molecular formula is C19H42N2. The Morgan fingerprint density at radius 2 is 0.905 bits per heavy atom. The van der Waals surface area contributed by atoms with Crippen molar-refractivity contribution in [2.24, 2.45) is 0 Å². The lowest BCUT2D eigenvalue weighted by Crippen LogP contribution is -2.24. The lowest BCUT2D eigenvalue weighted by atomic mass is 10.1. The molecule has 0 rings (SSSR count). The van der Waals surface area contributed by atoms with E-state index < -0.39 is 0 Å². The molecule has 128 valence electrons. The summed E-state index contributed by atoms with van der Waals surface area (Å²) in [6.45, 7) is 6.03. The van der Waals surface area contributed by atoms with Crippen LogP contribution in [0.4, 0.5) is 0 Å². The summed E-state index contributed by atoms with van der Waals surface area (Å²) in [6, 6.07) is 0. The van der Waals surface area contributed by atoms with Gasteiger partial charge in [0.1, 0.15) is 0 Å². The van der Waals surface area contributed by atoms with Gasteiger partial charge in [0.15, 0.2) is 0 Å². The molecule has 0 saturated carbocycles. The quantitative estimate of drug-likeness (QED) is 0.362. The van der Waals surface area contributed by atoms with E-state index in [0.717, 1.165) is 0 Å². The maximum Gasteiger partial charge on any atom is -0.000960 e. The average molecular weight is 299 g/mol. The minimum absolute atomic E-state index is 1.21. The van der Waals surface area contributed by atoms with Crippen molar-refractivity contribution in [1.82, 2.24) is 9.80 Å². The van der Waals surface area contributed by atoms with Crippen molar-refractivity contribution in [1.29, 1.82) is 0 Å². The zero-order valence-corrected chi connectivity index (χ0v) is 15.5. The standard InChI is InChI=1S/C19H42N2/c1-5-6-7-8-9-10-11-12-13-14-15-18-21(4)19-16-17-20(2)3/h5-19H2,1-4H3. The smallest absolute Gasteiger partial charge is 0.000960 e. The third-order valence-corrected chi connectivity index (χ3v) is 4.29. The van der Waals surface area contributed by atoms with Crippen LogP contribution in [0, 0.1) is 0 Å². The predicted molar refractivity (Wildman–Crippen MR) is 97.1 cm³/mol. The molecule has 0 aromatic heterocycles. The van der Waals surface area contributed by atoms with Crippen molar-refractivity contribution in [3.05, 3.63) is 0 Å². The fraction of sp³-hybridized carbons (Fsp3) is 1.00. The summed E-state index contributed by atoms with van der Waals surface area (Å²) in [6.07, 6.45) is 17.1. The van der Waals surface area contributed by atoms with Gasteiger partial charge in [-0.1, -0.05) is 71.1 Å². The summed E-state index contributed by atoms with van der Waals surface area (Å²) in [5.74, 6) is 0. The molecule has 0 fully saturated rings. The SMILES string of the molecule is CCCCCCCCCCCCCN(C)CCCN(C)C. The Kier molecular flexibility index (Phi) is 16.2. The molecule has 0 aromatic rings. The first-order valence-electron chi connectivity index (χ1n) is 9.50. The summed E-state index contributed by atoms with van der Waals surface area (Å²) in [7, 11) is 6.58. The van der Waals surface area contributed by atoms with E-state index in [0.29, 0.717) is 0 Å². The van der Waals surface area contributed by atoms with Crippen LogP contribution in [0.2, 0.25) is 0 Å². The average Bonchev–Trinajstić information content (AvgIpc) is 2.44. The number of hydrogen-bond acceptors (Lipinski definition) is 2. The zero-order valence-electron chi connectivity index (χ0n) is 15.5. The molecule has 0 bridgehead atoms. The molecule has 0 spiro atoms. The summed E-state index contributed by atoms with van der Waals surface area (Å²) in [5.41, 5.74) is 0. The Morgan fingerprint density at radius 1 is 0.476 bits per heavy atom. The normalized spacial score (nSPS) is 11.7. The van der Waals surface area contributed by atoms with Gasteiger partial charge >= 0.3 is 0 Å². The van der Waals surface area contributed by atoms with Crippen molar-refractivity contribution in [2.75, 3.05) is 40.8 Å². The Morgan fingerprint density at radius 3 is 1.38 bits per heavy atom. The molecule has 0 N–H and O–H groups in total. The maximum absolute atomic E-state index is 2.50. The van der Waals surface area contributed by atoms with E-state index in [2.05, 4.69) is 37.9 Å². The second-order valence-electron chi connectivity index (χ2n) is 7.00. The van der Waals surface area contributed by atoms with E-state index >= 15 is 0 Å². The highest BCUT2D eigenvalue weighted by Gasteiger charge is 1.99. The largest absolute Gasteiger partial charge is 0.309 e. The van der Waals surface area contributed by atoms with Crippen LogP contribution in [0.25, 0.3) is 0 Å². The van der Waals surface area contributed by atoms with E-state index in [9.17, 15) is 0 Å². The van der Waals surface area contributed by atoms with Crippen molar-refractivity contribution in [2.45, 2.75) is 84.0 Å². The van der Waals surface area contributed by atoms with Gasteiger partial charge in [-0.15, -0.1) is 0 Å². The highest BCUT2D eigenvalue weighted by Crippen LogP contribution is 2.11. The van der Waals surface area contributed by atoms with Gasteiger partial charge in [0, 0.05) is 0 Å². The molecule has 0 radical (unpaired) electrons. The molecule has 0 heterocycles. The molecule has 0 amide bonds. The summed E-state index contributed by atoms with van der Waals surface area (Å²) in [5, 5.41) is 0. The Labute approximate surface area is 135 Å². The van der Waals surface area contributed by atoms with Crippen LogP contribution in [0.5, 0.6) is 0 Å². The summed E-state index contributed by atoms with van der Waals surface area (Å²) >= 11 is 0. The van der Waals surface area contributed by atoms with Crippen molar-refractivity contribution < 1.29 is 0 Å². The maximum atomic E-state index is 2.50. The minimum Gasteiger partial charge on any atom is -0.309 e. The van der Waals surface area contributed by atoms with Crippen LogP contribution in [0.3, 0.4) is 0 Å². The topological polar surface area (TPSA) is 6.48 Å². The van der Waals surface area contributed by atoms with E-state index in [1.165, 1.54) is 96.7 Å². The Bertz CT molecular complexity index is 192. The van der Waals surface area contributed by atoms with Crippen LogP contribution in [0.1, 0.15) is 84.0 Å². The number of unbranched alkanes of at least 4 members (excludes halogenated alkanes) is 10. The highest BCUT2D eigenvalue weighted by molar-refractivity contribution is 4.55. The third-order valence-electron chi connectivity index (χ3n) is 4.29. The lowest BCUT2D eigenvalue weighted by Gasteiger charge is -2.17. The van der Waals surface area contributed by atoms with E-state index in [4.69, 9.17) is 0 Å². The monoisotopic (exact) mass is 298 g/mol. The third kappa shape index (κ3) is 17.9. The molecule has 0 unspecified atom stereocenters. The van der Waals surface area contributed by atoms with Crippen molar-refractivity contribution in [3.8, 4) is 0 Å². The molecule has 21 heavy (non-hydrogen) atoms. The number of nitrogens with zero attached hydrogens (tertiary/aromatic N) is 2. The molecular weight excluding hydrogens is 256 g/mol. The second kappa shape index (κ2) is 16.3. The van der Waals surface area contributed by atoms with Crippen LogP contribution in [0.15, 0.2) is 0 Å². The van der Waals surface area contributed by atoms with Crippen molar-refractivity contribution in [3.63, 3.8) is 0 Å². The van der Waals surface area contributed by atoms with Gasteiger partial charge < -0.3 is 9.80 Å². The molecule has 2 heteroatoms. The fourth-order valence-electron chi connectivity index (χ4n) is 2.81. The van der Waals surface area contributed by atoms with Crippen LogP contribution < -0.4 is 0 Å². The summed E-state index contributed by atoms with van der Waals surface area (Å²) < 4.78 is 0. The molecule has 0 aromatic carbocycles. The summed E-state index contributed by atoms with van der Waals surface area (Å²) in [4.78, 5) is 4.77. The zero-order chi connectivity index (χ0) is 15.8. The highest BCUT2D eigenvalue weighted by atomic mass is 15.1. The molecule has 0 atom stereocenters. The molecule has 0 aliphatic rings. The lowest BCUT2D eigenvalue weighted by molar-refractivity contribution is 0.294. The van der Waals surface area contributed by atoms with Crippen LogP contribution in [-0.4, -0.2) is 50.6 Å². The van der Waals surface area contributed by atoms with Gasteiger partial charge in [-0.2, -0.15) is 0 Å². The first-order chi connectivity index (χ1) is 10.2. The second-order valence-corrected chi connectivity index (χ2v) is 7.00. The molecule has 0 saturated heterocycles. The fourth-order valence-corrected chi connectivity index (χ4v) is 2.81. The first kappa shape index (κ1) is 20.9. The van der Waals surface area contributed by atoms with Gasteiger partial charge in [0.25, 0.3) is 0 Å². The van der Waals surface area contributed by atoms with Gasteiger partial charge in [-0.3, -0.25) is 0 Å². The van der Waals surface area contributed by atoms with Gasteiger partial charge in [0.2, 0.25) is 0 Å². The Balaban J connectivity index is 3.10.